The molecule has 2 heteroatoms. The van der Waals surface area contributed by atoms with Gasteiger partial charge in [-0.3, -0.25) is 0 Å². The molecule has 4 rings (SSSR count). The van der Waals surface area contributed by atoms with Gasteiger partial charge < -0.3 is 0 Å². The van der Waals surface area contributed by atoms with E-state index in [0.717, 1.165) is 6.42 Å². The van der Waals surface area contributed by atoms with Crippen LogP contribution in [-0.4, -0.2) is 0 Å². The molecule has 0 spiro atoms. The number of aryl methyl sites for hydroxylation is 1. The van der Waals surface area contributed by atoms with Gasteiger partial charge in [-0.05, 0) is 63.9 Å². The van der Waals surface area contributed by atoms with Gasteiger partial charge in [-0.25, -0.2) is 0 Å². The number of fused-ring (bicyclic) bond motifs is 4. The Morgan fingerprint density at radius 2 is 1.95 bits per heavy atom. The fourth-order valence-corrected chi connectivity index (χ4v) is 3.94. The molecule has 0 unspecified atom stereocenters. The molecule has 20 heavy (non-hydrogen) atoms. The topological polar surface area (TPSA) is 0 Å². The van der Waals surface area contributed by atoms with Gasteiger partial charge in [0, 0.05) is 24.0 Å². The maximum absolute atomic E-state index is 3.20. The third-order valence-electron chi connectivity index (χ3n) is 3.94. The van der Waals surface area contributed by atoms with Gasteiger partial charge >= 0.3 is 0 Å². The van der Waals surface area contributed by atoms with Crippen molar-refractivity contribution < 1.29 is 20.4 Å². The summed E-state index contributed by atoms with van der Waals surface area (Å²) in [5.41, 5.74) is 7.00. The molecular weight excluding hydrogens is 529 g/mol. The predicted molar refractivity (Wildman–Crippen MR) is 88.5 cm³/mol. The molecule has 0 aromatic heterocycles. The van der Waals surface area contributed by atoms with Crippen LogP contribution in [0.1, 0.15) is 16.7 Å². The van der Waals surface area contributed by atoms with Crippen LogP contribution in [0.3, 0.4) is 0 Å². The van der Waals surface area contributed by atoms with E-state index in [1.165, 1.54) is 42.2 Å². The van der Waals surface area contributed by atoms with Crippen molar-refractivity contribution in [1.82, 2.24) is 0 Å². The van der Waals surface area contributed by atoms with E-state index >= 15 is 0 Å². The summed E-state index contributed by atoms with van der Waals surface area (Å²) in [4.78, 5) is 0. The minimum Gasteiger partial charge on any atom is -0.183 e. The zero-order valence-corrected chi connectivity index (χ0v) is 15.9. The molecule has 1 radical (unpaired) electrons. The summed E-state index contributed by atoms with van der Waals surface area (Å²) in [6, 6.07) is 18.6. The summed E-state index contributed by atoms with van der Waals surface area (Å²) >= 11 is 2.51. The Morgan fingerprint density at radius 3 is 2.80 bits per heavy atom. The van der Waals surface area contributed by atoms with E-state index in [0.29, 0.717) is 0 Å². The minimum atomic E-state index is 0. The molecule has 0 saturated heterocycles. The number of hydrogen-bond acceptors (Lipinski definition) is 0. The van der Waals surface area contributed by atoms with Crippen molar-refractivity contribution in [3.8, 4) is 11.1 Å². The third kappa shape index (κ3) is 2.06. The Bertz CT molecular complexity index is 821. The number of benzene rings is 3. The van der Waals surface area contributed by atoms with Crippen LogP contribution < -0.4 is 0 Å². The molecule has 3 aromatic carbocycles. The molecule has 0 heterocycles. The van der Waals surface area contributed by atoms with Crippen molar-refractivity contribution in [1.29, 1.82) is 0 Å². The first-order chi connectivity index (χ1) is 9.24. The van der Waals surface area contributed by atoms with Gasteiger partial charge in [0.2, 0.25) is 0 Å². The van der Waals surface area contributed by atoms with E-state index < -0.39 is 0 Å². The van der Waals surface area contributed by atoms with Gasteiger partial charge in [-0.2, -0.15) is 24.3 Å². The molecule has 3 aromatic rings. The van der Waals surface area contributed by atoms with Crippen LogP contribution in [0.15, 0.2) is 42.5 Å². The zero-order valence-electron chi connectivity index (χ0n) is 11.0. The molecule has 0 bridgehead atoms. The summed E-state index contributed by atoms with van der Waals surface area (Å²) < 4.78 is 1.41. The number of hydrogen-bond donors (Lipinski definition) is 0. The zero-order chi connectivity index (χ0) is 13.0. The number of halogens is 1. The molecule has 0 nitrogen and oxygen atoms in total. The van der Waals surface area contributed by atoms with Crippen molar-refractivity contribution in [2.45, 2.75) is 13.3 Å². The smallest absolute Gasteiger partial charge is 0.0239 e. The summed E-state index contributed by atoms with van der Waals surface area (Å²) in [5, 5.41) is 2.73. The van der Waals surface area contributed by atoms with Gasteiger partial charge in [-0.15, -0.1) is 11.1 Å². The van der Waals surface area contributed by atoms with Crippen LogP contribution in [0.5, 0.6) is 0 Å². The van der Waals surface area contributed by atoms with Gasteiger partial charge in [-0.1, -0.05) is 23.8 Å². The molecule has 0 aliphatic heterocycles. The fraction of sp³-hybridized carbons (Fsp3) is 0.111. The molecule has 99 valence electrons. The Balaban J connectivity index is 0.00000121. The second kappa shape index (κ2) is 5.26. The van der Waals surface area contributed by atoms with Crippen LogP contribution in [-0.2, 0) is 26.8 Å². The van der Waals surface area contributed by atoms with Gasteiger partial charge in [0.1, 0.15) is 0 Å². The van der Waals surface area contributed by atoms with Crippen molar-refractivity contribution in [3.63, 3.8) is 0 Å². The normalized spacial score (nSPS) is 11.9. The van der Waals surface area contributed by atoms with E-state index in [1.807, 2.05) is 6.07 Å². The summed E-state index contributed by atoms with van der Waals surface area (Å²) in [6.45, 7) is 2.16. The maximum atomic E-state index is 3.20. The van der Waals surface area contributed by atoms with Crippen LogP contribution in [0.4, 0.5) is 0 Å². The van der Waals surface area contributed by atoms with E-state index in [4.69, 9.17) is 0 Å². The summed E-state index contributed by atoms with van der Waals surface area (Å²) in [6.07, 6.45) is 1.05. The molecule has 1 aliphatic carbocycles. The Kier molecular flexibility index (Phi) is 3.75. The number of rotatable bonds is 0. The van der Waals surface area contributed by atoms with E-state index in [9.17, 15) is 0 Å². The maximum Gasteiger partial charge on any atom is 0.0239 e. The van der Waals surface area contributed by atoms with Crippen LogP contribution in [0, 0.1) is 16.6 Å². The quantitative estimate of drug-likeness (QED) is 0.214. The Labute approximate surface area is 146 Å². The second-order valence-electron chi connectivity index (χ2n) is 5.20. The minimum absolute atomic E-state index is 0. The molecule has 0 amide bonds. The molecule has 0 N–H and O–H groups in total. The first kappa shape index (κ1) is 14.3. The summed E-state index contributed by atoms with van der Waals surface area (Å²) in [7, 11) is 0. The third-order valence-corrected chi connectivity index (χ3v) is 5.17. The molecular formula is C18H12IRe-. The fourth-order valence-electron chi connectivity index (χ4n) is 2.99. The van der Waals surface area contributed by atoms with Crippen molar-refractivity contribution in [2.24, 2.45) is 0 Å². The largest absolute Gasteiger partial charge is 0.183 e. The van der Waals surface area contributed by atoms with Crippen molar-refractivity contribution >= 4 is 33.4 Å². The average Bonchev–Trinajstić information content (AvgIpc) is 2.79. The molecule has 0 saturated carbocycles. The average molecular weight is 541 g/mol. The van der Waals surface area contributed by atoms with Crippen molar-refractivity contribution in [2.75, 3.05) is 0 Å². The van der Waals surface area contributed by atoms with E-state index in [1.54, 1.807) is 0 Å². The molecule has 1 aliphatic rings. The molecule has 0 atom stereocenters. The van der Waals surface area contributed by atoms with Gasteiger partial charge in [0.05, 0.1) is 0 Å². The van der Waals surface area contributed by atoms with Gasteiger partial charge in [0.25, 0.3) is 0 Å². The van der Waals surface area contributed by atoms with E-state index in [-0.39, 0.29) is 20.4 Å². The van der Waals surface area contributed by atoms with Crippen LogP contribution >= 0.6 is 22.6 Å². The first-order valence-electron chi connectivity index (χ1n) is 6.45. The second-order valence-corrected chi connectivity index (χ2v) is 6.28. The Morgan fingerprint density at radius 1 is 1.10 bits per heavy atom. The SMILES string of the molecule is Cc1ccc2cc3c(c(I)c2c1)Cc1c[c-]ccc1-3.[Re]. The predicted octanol–water partition coefficient (Wildman–Crippen LogP) is 5.12. The van der Waals surface area contributed by atoms with Crippen molar-refractivity contribution in [3.05, 3.63) is 68.8 Å². The standard InChI is InChI=1S/C18H12I.Re/c1-11-6-7-13-9-16-14-5-3-2-4-12(14)10-17(16)18(19)15(13)8-11;/h3-9H,10H2,1H3;/q-1;. The molecule has 0 fully saturated rings. The van der Waals surface area contributed by atoms with E-state index in [2.05, 4.69) is 72.0 Å². The van der Waals surface area contributed by atoms with Gasteiger partial charge in [0.15, 0.2) is 0 Å². The summed E-state index contributed by atoms with van der Waals surface area (Å²) in [5.74, 6) is 0. The van der Waals surface area contributed by atoms with Crippen LogP contribution in [0.25, 0.3) is 21.9 Å². The van der Waals surface area contributed by atoms with Crippen LogP contribution in [0.2, 0.25) is 0 Å². The Hall–Kier alpha value is -0.688. The monoisotopic (exact) mass is 542 g/mol. The first-order valence-corrected chi connectivity index (χ1v) is 7.53.